The normalized spacial score (nSPS) is 18.6. The van der Waals surface area contributed by atoms with Gasteiger partial charge in [-0.2, -0.15) is 5.10 Å². The van der Waals surface area contributed by atoms with Gasteiger partial charge in [0.25, 0.3) is 5.91 Å². The highest BCUT2D eigenvalue weighted by molar-refractivity contribution is 9.10. The van der Waals surface area contributed by atoms with Crippen molar-refractivity contribution in [3.63, 3.8) is 0 Å². The molecule has 7 heteroatoms. The van der Waals surface area contributed by atoms with E-state index in [-0.39, 0.29) is 24.4 Å². The first-order valence-corrected chi connectivity index (χ1v) is 7.18. The van der Waals surface area contributed by atoms with Crippen LogP contribution in [0.4, 0.5) is 0 Å². The van der Waals surface area contributed by atoms with Crippen molar-refractivity contribution in [3.8, 4) is 0 Å². The molecule has 0 saturated carbocycles. The number of hydrogen-bond donors (Lipinski definition) is 3. The maximum atomic E-state index is 12.3. The topological polar surface area (TPSA) is 69.8 Å². The van der Waals surface area contributed by atoms with Gasteiger partial charge < -0.3 is 10.6 Å². The minimum Gasteiger partial charge on any atom is -0.347 e. The number of rotatable bonds is 2. The van der Waals surface area contributed by atoms with Gasteiger partial charge in [0.1, 0.15) is 0 Å². The van der Waals surface area contributed by atoms with Crippen LogP contribution < -0.4 is 10.6 Å². The minimum absolute atomic E-state index is 0. The van der Waals surface area contributed by atoms with Crippen molar-refractivity contribution in [2.24, 2.45) is 0 Å². The molecule has 0 unspecified atom stereocenters. The lowest BCUT2D eigenvalue weighted by Crippen LogP contribution is -2.45. The third-order valence-corrected chi connectivity index (χ3v) is 3.87. The number of aromatic amines is 1. The van der Waals surface area contributed by atoms with E-state index in [2.05, 4.69) is 36.8 Å². The predicted octanol–water partition coefficient (Wildman–Crippen LogP) is 2.23. The SMILES string of the molecule is Cl.O=C(N[C@H]1CCCNC1)c1n[nH]c2ccc(Br)cc12. The Balaban J connectivity index is 0.00000147. The molecule has 1 atom stereocenters. The van der Waals surface area contributed by atoms with Crippen molar-refractivity contribution >= 4 is 45.1 Å². The van der Waals surface area contributed by atoms with Gasteiger partial charge in [0.2, 0.25) is 0 Å². The van der Waals surface area contributed by atoms with Crippen LogP contribution in [0.5, 0.6) is 0 Å². The lowest BCUT2D eigenvalue weighted by molar-refractivity contribution is 0.0927. The summed E-state index contributed by atoms with van der Waals surface area (Å²) in [5.41, 5.74) is 1.33. The molecule has 3 N–H and O–H groups in total. The molecule has 0 bridgehead atoms. The first-order valence-electron chi connectivity index (χ1n) is 6.39. The number of hydrogen-bond acceptors (Lipinski definition) is 3. The van der Waals surface area contributed by atoms with E-state index in [0.717, 1.165) is 41.3 Å². The zero-order valence-electron chi connectivity index (χ0n) is 10.8. The lowest BCUT2D eigenvalue weighted by Gasteiger charge is -2.23. The summed E-state index contributed by atoms with van der Waals surface area (Å²) in [6.07, 6.45) is 2.11. The molecule has 3 rings (SSSR count). The Morgan fingerprint density at radius 3 is 3.05 bits per heavy atom. The van der Waals surface area contributed by atoms with E-state index in [1.807, 2.05) is 18.2 Å². The quantitative estimate of drug-likeness (QED) is 0.770. The molecular weight excluding hydrogens is 344 g/mol. The van der Waals surface area contributed by atoms with E-state index in [1.54, 1.807) is 0 Å². The minimum atomic E-state index is -0.113. The largest absolute Gasteiger partial charge is 0.347 e. The summed E-state index contributed by atoms with van der Waals surface area (Å²) < 4.78 is 0.940. The average molecular weight is 360 g/mol. The molecule has 1 saturated heterocycles. The Morgan fingerprint density at radius 2 is 2.30 bits per heavy atom. The summed E-state index contributed by atoms with van der Waals surface area (Å²) >= 11 is 3.42. The molecule has 20 heavy (non-hydrogen) atoms. The summed E-state index contributed by atoms with van der Waals surface area (Å²) in [4.78, 5) is 12.3. The van der Waals surface area contributed by atoms with Crippen LogP contribution in [-0.4, -0.2) is 35.2 Å². The molecule has 1 amide bonds. The van der Waals surface area contributed by atoms with Gasteiger partial charge in [-0.15, -0.1) is 12.4 Å². The molecule has 2 aromatic rings. The maximum absolute atomic E-state index is 12.3. The van der Waals surface area contributed by atoms with Gasteiger partial charge >= 0.3 is 0 Å². The van der Waals surface area contributed by atoms with E-state index in [0.29, 0.717) is 5.69 Å². The number of nitrogens with one attached hydrogen (secondary N) is 3. The van der Waals surface area contributed by atoms with Gasteiger partial charge in [-0.3, -0.25) is 9.89 Å². The lowest BCUT2D eigenvalue weighted by atomic mass is 10.1. The number of carbonyl (C=O) groups is 1. The number of nitrogens with zero attached hydrogens (tertiary/aromatic N) is 1. The molecule has 0 spiro atoms. The fourth-order valence-corrected chi connectivity index (χ4v) is 2.75. The summed E-state index contributed by atoms with van der Waals surface area (Å²) in [6.45, 7) is 1.86. The molecule has 1 fully saturated rings. The van der Waals surface area contributed by atoms with Gasteiger partial charge in [-0.25, -0.2) is 0 Å². The van der Waals surface area contributed by atoms with Crippen LogP contribution >= 0.6 is 28.3 Å². The van der Waals surface area contributed by atoms with Crippen LogP contribution in [0.25, 0.3) is 10.9 Å². The molecule has 0 aliphatic carbocycles. The molecule has 1 aliphatic rings. The zero-order chi connectivity index (χ0) is 13.2. The first-order chi connectivity index (χ1) is 9.24. The second-order valence-corrected chi connectivity index (χ2v) is 5.69. The summed E-state index contributed by atoms with van der Waals surface area (Å²) in [6, 6.07) is 5.94. The van der Waals surface area contributed by atoms with Crippen LogP contribution in [0.2, 0.25) is 0 Å². The monoisotopic (exact) mass is 358 g/mol. The van der Waals surface area contributed by atoms with Crippen molar-refractivity contribution in [1.82, 2.24) is 20.8 Å². The molecule has 1 aromatic heterocycles. The van der Waals surface area contributed by atoms with Crippen LogP contribution in [0.1, 0.15) is 23.3 Å². The number of fused-ring (bicyclic) bond motifs is 1. The van der Waals surface area contributed by atoms with Gasteiger partial charge in [0.15, 0.2) is 5.69 Å². The van der Waals surface area contributed by atoms with Gasteiger partial charge in [-0.05, 0) is 37.6 Å². The standard InChI is InChI=1S/C13H15BrN4O.ClH/c14-8-3-4-11-10(6-8)12(18-17-11)13(19)16-9-2-1-5-15-7-9;/h3-4,6,9,15H,1-2,5,7H2,(H,16,19)(H,17,18);1H/t9-;/m0./s1. The van der Waals surface area contributed by atoms with Crippen LogP contribution in [0, 0.1) is 0 Å². The van der Waals surface area contributed by atoms with Crippen molar-refractivity contribution in [3.05, 3.63) is 28.4 Å². The van der Waals surface area contributed by atoms with Crippen molar-refractivity contribution in [2.45, 2.75) is 18.9 Å². The van der Waals surface area contributed by atoms with E-state index in [9.17, 15) is 4.79 Å². The fraction of sp³-hybridized carbons (Fsp3) is 0.385. The second kappa shape index (κ2) is 6.56. The van der Waals surface area contributed by atoms with E-state index in [4.69, 9.17) is 0 Å². The summed E-state index contributed by atoms with van der Waals surface area (Å²) in [5, 5.41) is 14.2. The van der Waals surface area contributed by atoms with Crippen LogP contribution in [0.15, 0.2) is 22.7 Å². The molecule has 1 aliphatic heterocycles. The smallest absolute Gasteiger partial charge is 0.272 e. The molecule has 2 heterocycles. The molecule has 0 radical (unpaired) electrons. The number of amides is 1. The predicted molar refractivity (Wildman–Crippen MR) is 84.4 cm³/mol. The van der Waals surface area contributed by atoms with Crippen LogP contribution in [0.3, 0.4) is 0 Å². The van der Waals surface area contributed by atoms with Crippen LogP contribution in [-0.2, 0) is 0 Å². The Labute approximate surface area is 131 Å². The molecule has 108 valence electrons. The number of piperidine rings is 1. The van der Waals surface area contributed by atoms with Gasteiger partial charge in [0.05, 0.1) is 5.52 Å². The van der Waals surface area contributed by atoms with Crippen molar-refractivity contribution < 1.29 is 4.79 Å². The summed E-state index contributed by atoms with van der Waals surface area (Å²) in [7, 11) is 0. The highest BCUT2D eigenvalue weighted by Gasteiger charge is 2.19. The average Bonchev–Trinajstić information content (AvgIpc) is 2.82. The Hall–Kier alpha value is -1.11. The number of benzene rings is 1. The fourth-order valence-electron chi connectivity index (χ4n) is 2.39. The molecule has 1 aromatic carbocycles. The van der Waals surface area contributed by atoms with E-state index < -0.39 is 0 Å². The number of carbonyl (C=O) groups excluding carboxylic acids is 1. The zero-order valence-corrected chi connectivity index (χ0v) is 13.2. The third-order valence-electron chi connectivity index (χ3n) is 3.37. The number of aromatic nitrogens is 2. The van der Waals surface area contributed by atoms with Gasteiger partial charge in [-0.1, -0.05) is 15.9 Å². The van der Waals surface area contributed by atoms with E-state index in [1.165, 1.54) is 0 Å². The highest BCUT2D eigenvalue weighted by atomic mass is 79.9. The molecule has 5 nitrogen and oxygen atoms in total. The highest BCUT2D eigenvalue weighted by Crippen LogP contribution is 2.21. The molecular formula is C13H16BrClN4O. The maximum Gasteiger partial charge on any atom is 0.272 e. The number of halogens is 2. The Kier molecular flexibility index (Phi) is 5.01. The van der Waals surface area contributed by atoms with Gasteiger partial charge in [0, 0.05) is 22.4 Å². The Bertz CT molecular complexity index is 609. The summed E-state index contributed by atoms with van der Waals surface area (Å²) in [5.74, 6) is -0.113. The first kappa shape index (κ1) is 15.3. The third kappa shape index (κ3) is 3.13. The second-order valence-electron chi connectivity index (χ2n) is 4.78. The number of H-pyrrole nitrogens is 1. The van der Waals surface area contributed by atoms with Crippen molar-refractivity contribution in [2.75, 3.05) is 13.1 Å². The Morgan fingerprint density at radius 1 is 1.45 bits per heavy atom. The van der Waals surface area contributed by atoms with Crippen molar-refractivity contribution in [1.29, 1.82) is 0 Å². The van der Waals surface area contributed by atoms with E-state index >= 15 is 0 Å².